The van der Waals surface area contributed by atoms with E-state index in [0.717, 1.165) is 18.4 Å². The van der Waals surface area contributed by atoms with Gasteiger partial charge in [0.1, 0.15) is 6.04 Å². The highest BCUT2D eigenvalue weighted by Gasteiger charge is 2.23. The largest absolute Gasteiger partial charge is 0.391 e. The van der Waals surface area contributed by atoms with Gasteiger partial charge in [-0.25, -0.2) is 0 Å². The van der Waals surface area contributed by atoms with E-state index in [9.17, 15) is 9.90 Å². The second-order valence-electron chi connectivity index (χ2n) is 5.60. The van der Waals surface area contributed by atoms with E-state index in [1.54, 1.807) is 0 Å². The Hall–Kier alpha value is -1.39. The van der Waals surface area contributed by atoms with Gasteiger partial charge in [-0.05, 0) is 24.3 Å². The minimum absolute atomic E-state index is 0.231. The van der Waals surface area contributed by atoms with E-state index in [1.165, 1.54) is 19.3 Å². The second kappa shape index (κ2) is 7.41. The van der Waals surface area contributed by atoms with Crippen molar-refractivity contribution >= 4 is 5.91 Å². The van der Waals surface area contributed by atoms with Crippen LogP contribution in [0.2, 0.25) is 0 Å². The van der Waals surface area contributed by atoms with E-state index < -0.39 is 12.1 Å². The summed E-state index contributed by atoms with van der Waals surface area (Å²) in [6.45, 7) is 0.296. The van der Waals surface area contributed by atoms with Crippen molar-refractivity contribution in [2.24, 2.45) is 11.7 Å². The number of carbonyl (C=O) groups excluding carboxylic acids is 1. The normalized spacial score (nSPS) is 19.3. The van der Waals surface area contributed by atoms with Crippen LogP contribution >= 0.6 is 0 Å². The maximum atomic E-state index is 12.0. The van der Waals surface area contributed by atoms with Crippen molar-refractivity contribution in [1.82, 2.24) is 5.32 Å². The Kier molecular flexibility index (Phi) is 5.56. The maximum Gasteiger partial charge on any atom is 0.241 e. The summed E-state index contributed by atoms with van der Waals surface area (Å²) in [4.78, 5) is 12.0. The van der Waals surface area contributed by atoms with Crippen molar-refractivity contribution < 1.29 is 9.90 Å². The van der Waals surface area contributed by atoms with E-state index in [2.05, 4.69) is 5.32 Å². The molecule has 0 heterocycles. The van der Waals surface area contributed by atoms with Gasteiger partial charge in [0, 0.05) is 6.54 Å². The first-order chi connectivity index (χ1) is 9.68. The fourth-order valence-electron chi connectivity index (χ4n) is 2.81. The lowest BCUT2D eigenvalue weighted by atomic mass is 9.85. The molecule has 0 spiro atoms. The number of carbonyl (C=O) groups is 1. The lowest BCUT2D eigenvalue weighted by molar-refractivity contribution is -0.123. The summed E-state index contributed by atoms with van der Waals surface area (Å²) in [7, 11) is 0. The molecule has 1 saturated carbocycles. The van der Waals surface area contributed by atoms with Crippen LogP contribution in [0.4, 0.5) is 0 Å². The molecule has 4 nitrogen and oxygen atoms in total. The average molecular weight is 276 g/mol. The maximum absolute atomic E-state index is 12.0. The fourth-order valence-corrected chi connectivity index (χ4v) is 2.81. The molecular weight excluding hydrogens is 252 g/mol. The third kappa shape index (κ3) is 4.05. The predicted octanol–water partition coefficient (Wildman–Crippen LogP) is 1.74. The van der Waals surface area contributed by atoms with Crippen molar-refractivity contribution in [3.05, 3.63) is 35.9 Å². The lowest BCUT2D eigenvalue weighted by Gasteiger charge is -2.27. The van der Waals surface area contributed by atoms with Crippen LogP contribution in [0.25, 0.3) is 0 Å². The van der Waals surface area contributed by atoms with Crippen LogP contribution in [-0.2, 0) is 4.79 Å². The van der Waals surface area contributed by atoms with Crippen LogP contribution in [0.3, 0.4) is 0 Å². The summed E-state index contributed by atoms with van der Waals surface area (Å²) >= 11 is 0. The van der Waals surface area contributed by atoms with Crippen LogP contribution in [0.15, 0.2) is 30.3 Å². The zero-order valence-electron chi connectivity index (χ0n) is 11.8. The number of nitrogens with one attached hydrogen (secondary N) is 1. The number of aliphatic hydroxyl groups is 1. The van der Waals surface area contributed by atoms with Gasteiger partial charge < -0.3 is 16.2 Å². The topological polar surface area (TPSA) is 75.4 Å². The number of aliphatic hydroxyl groups excluding tert-OH is 1. The summed E-state index contributed by atoms with van der Waals surface area (Å²) in [5.74, 6) is 0.0862. The molecule has 1 aromatic rings. The van der Waals surface area contributed by atoms with E-state index in [-0.39, 0.29) is 5.91 Å². The summed E-state index contributed by atoms with van der Waals surface area (Å²) < 4.78 is 0. The molecule has 1 amide bonds. The van der Waals surface area contributed by atoms with Gasteiger partial charge in [0.05, 0.1) is 6.10 Å². The molecule has 4 heteroatoms. The molecule has 0 aliphatic heterocycles. The Morgan fingerprint density at radius 3 is 2.55 bits per heavy atom. The van der Waals surface area contributed by atoms with Crippen molar-refractivity contribution in [2.75, 3.05) is 6.54 Å². The van der Waals surface area contributed by atoms with Crippen molar-refractivity contribution in [3.63, 3.8) is 0 Å². The van der Waals surface area contributed by atoms with Crippen molar-refractivity contribution in [1.29, 1.82) is 0 Å². The molecule has 4 N–H and O–H groups in total. The second-order valence-corrected chi connectivity index (χ2v) is 5.60. The Labute approximate surface area is 120 Å². The summed E-state index contributed by atoms with van der Waals surface area (Å²) in [6.07, 6.45) is 5.28. The van der Waals surface area contributed by atoms with Crippen molar-refractivity contribution in [2.45, 2.75) is 44.2 Å². The molecule has 0 bridgehead atoms. The summed E-state index contributed by atoms with van der Waals surface area (Å²) in [5, 5.41) is 12.9. The van der Waals surface area contributed by atoms with Gasteiger partial charge in [0.2, 0.25) is 5.91 Å². The summed E-state index contributed by atoms with van der Waals surface area (Å²) in [6, 6.07) is 8.61. The van der Waals surface area contributed by atoms with Gasteiger partial charge in [-0.15, -0.1) is 0 Å². The molecule has 1 aliphatic rings. The van der Waals surface area contributed by atoms with E-state index in [1.807, 2.05) is 30.3 Å². The third-order valence-electron chi connectivity index (χ3n) is 4.12. The number of hydrogen-bond acceptors (Lipinski definition) is 3. The molecule has 2 atom stereocenters. The molecule has 20 heavy (non-hydrogen) atoms. The van der Waals surface area contributed by atoms with E-state index in [4.69, 9.17) is 5.73 Å². The monoisotopic (exact) mass is 276 g/mol. The first-order valence-corrected chi connectivity index (χ1v) is 7.45. The van der Waals surface area contributed by atoms with Gasteiger partial charge in [0.25, 0.3) is 0 Å². The fraction of sp³-hybridized carbons (Fsp3) is 0.562. The molecule has 1 aliphatic carbocycles. The molecule has 0 saturated heterocycles. The third-order valence-corrected chi connectivity index (χ3v) is 4.12. The Morgan fingerprint density at radius 2 is 1.90 bits per heavy atom. The number of rotatable bonds is 5. The van der Waals surface area contributed by atoms with Crippen molar-refractivity contribution in [3.8, 4) is 0 Å². The molecule has 0 aromatic heterocycles. The van der Waals surface area contributed by atoms with Gasteiger partial charge in [-0.2, -0.15) is 0 Å². The zero-order valence-corrected chi connectivity index (χ0v) is 11.8. The minimum Gasteiger partial charge on any atom is -0.391 e. The Morgan fingerprint density at radius 1 is 1.25 bits per heavy atom. The van der Waals surface area contributed by atoms with Crippen LogP contribution in [0.5, 0.6) is 0 Å². The molecule has 1 fully saturated rings. The van der Waals surface area contributed by atoms with Crippen LogP contribution in [0, 0.1) is 5.92 Å². The smallest absolute Gasteiger partial charge is 0.241 e. The number of nitrogens with two attached hydrogens (primary N) is 1. The SMILES string of the molecule is NC(C(=O)NCC(O)C1CCCCC1)c1ccccc1. The van der Waals surface area contributed by atoms with Gasteiger partial charge in [-0.1, -0.05) is 49.6 Å². The lowest BCUT2D eigenvalue weighted by Crippen LogP contribution is -2.41. The van der Waals surface area contributed by atoms with E-state index >= 15 is 0 Å². The zero-order chi connectivity index (χ0) is 14.4. The van der Waals surface area contributed by atoms with Crippen LogP contribution < -0.4 is 11.1 Å². The highest BCUT2D eigenvalue weighted by atomic mass is 16.3. The standard InChI is InChI=1S/C16H24N2O2/c17-15(13-9-5-2-6-10-13)16(20)18-11-14(19)12-7-3-1-4-8-12/h2,5-6,9-10,12,14-15,19H,1,3-4,7-8,11,17H2,(H,18,20). The number of hydrogen-bond donors (Lipinski definition) is 3. The number of benzene rings is 1. The molecule has 2 unspecified atom stereocenters. The first-order valence-electron chi connectivity index (χ1n) is 7.45. The van der Waals surface area contributed by atoms with Gasteiger partial charge >= 0.3 is 0 Å². The van der Waals surface area contributed by atoms with Crippen LogP contribution in [0.1, 0.15) is 43.7 Å². The summed E-state index contributed by atoms with van der Waals surface area (Å²) in [5.41, 5.74) is 6.70. The predicted molar refractivity (Wildman–Crippen MR) is 79.0 cm³/mol. The molecular formula is C16H24N2O2. The average Bonchev–Trinajstić information content (AvgIpc) is 2.53. The minimum atomic E-state index is -0.672. The molecule has 1 aromatic carbocycles. The molecule has 2 rings (SSSR count). The quantitative estimate of drug-likeness (QED) is 0.767. The molecule has 110 valence electrons. The first kappa shape index (κ1) is 15.0. The highest BCUT2D eigenvalue weighted by molar-refractivity contribution is 5.82. The molecule has 0 radical (unpaired) electrons. The highest BCUT2D eigenvalue weighted by Crippen LogP contribution is 2.26. The Bertz CT molecular complexity index is 416. The number of amides is 1. The Balaban J connectivity index is 1.79. The van der Waals surface area contributed by atoms with Crippen LogP contribution in [-0.4, -0.2) is 23.7 Å². The van der Waals surface area contributed by atoms with Gasteiger partial charge in [-0.3, -0.25) is 4.79 Å². The van der Waals surface area contributed by atoms with E-state index in [0.29, 0.717) is 12.5 Å². The van der Waals surface area contributed by atoms with Gasteiger partial charge in [0.15, 0.2) is 0 Å².